The fourth-order valence-electron chi connectivity index (χ4n) is 2.11. The quantitative estimate of drug-likeness (QED) is 0.308. The van der Waals surface area contributed by atoms with Gasteiger partial charge in [0, 0.05) is 18.9 Å². The van der Waals surface area contributed by atoms with E-state index in [0.717, 1.165) is 0 Å². The fourth-order valence-corrected chi connectivity index (χ4v) is 2.74. The van der Waals surface area contributed by atoms with Crippen LogP contribution in [0.25, 0.3) is 0 Å². The molecule has 8 nitrogen and oxygen atoms in total. The Bertz CT molecular complexity index is 737. The lowest BCUT2D eigenvalue weighted by molar-refractivity contribution is -0.115. The molecule has 5 N–H and O–H groups in total. The van der Waals surface area contributed by atoms with Crippen molar-refractivity contribution < 1.29 is 19.1 Å². The predicted molar refractivity (Wildman–Crippen MR) is 99.6 cm³/mol. The van der Waals surface area contributed by atoms with E-state index in [0.29, 0.717) is 24.3 Å². The van der Waals surface area contributed by atoms with Gasteiger partial charge in [-0.2, -0.15) is 0 Å². The molecule has 0 heterocycles. The Balaban J connectivity index is 0.00000163. The van der Waals surface area contributed by atoms with E-state index in [1.807, 2.05) is 19.3 Å². The summed E-state index contributed by atoms with van der Waals surface area (Å²) in [7, 11) is 0. The second-order valence-corrected chi connectivity index (χ2v) is 5.68. The first-order chi connectivity index (χ1) is 12.3. The molecule has 0 atom stereocenters. The molecule has 0 aliphatic heterocycles. The number of hydrazine groups is 2. The van der Waals surface area contributed by atoms with Crippen LogP contribution in [0.15, 0.2) is 24.0 Å². The number of carbonyl (C=O) groups excluding carboxylic acids is 3. The Morgan fingerprint density at radius 3 is 2.46 bits per heavy atom. The number of ether oxygens (including phenoxy) is 1. The van der Waals surface area contributed by atoms with E-state index in [1.54, 1.807) is 0 Å². The lowest BCUT2D eigenvalue weighted by atomic mass is 10.1. The number of benzene rings is 1. The number of ketones is 1. The van der Waals surface area contributed by atoms with Crippen molar-refractivity contribution in [1.82, 2.24) is 5.43 Å². The molecule has 1 aliphatic carbocycles. The molecule has 2 amide bonds. The zero-order valence-electron chi connectivity index (χ0n) is 14.3. The van der Waals surface area contributed by atoms with Gasteiger partial charge in [0.15, 0.2) is 5.78 Å². The number of esters is 1. The number of amides is 2. The van der Waals surface area contributed by atoms with Crippen LogP contribution in [0.5, 0.6) is 0 Å². The zero-order chi connectivity index (χ0) is 19.9. The van der Waals surface area contributed by atoms with E-state index < -0.39 is 12.0 Å². The van der Waals surface area contributed by atoms with E-state index in [2.05, 4.69) is 0 Å². The zero-order valence-corrected chi connectivity index (χ0v) is 15.9. The third-order valence-corrected chi connectivity index (χ3v) is 3.95. The van der Waals surface area contributed by atoms with Crippen molar-refractivity contribution in [3.8, 4) is 0 Å². The summed E-state index contributed by atoms with van der Waals surface area (Å²) >= 11 is 12.1. The lowest BCUT2D eigenvalue weighted by Crippen LogP contribution is -2.48. The number of halogens is 2. The van der Waals surface area contributed by atoms with Crippen LogP contribution in [0, 0.1) is 0 Å². The van der Waals surface area contributed by atoms with Gasteiger partial charge in [-0.25, -0.2) is 26.3 Å². The summed E-state index contributed by atoms with van der Waals surface area (Å²) in [6, 6.07) is 1.78. The highest BCUT2D eigenvalue weighted by Gasteiger charge is 2.24. The Morgan fingerprint density at radius 2 is 1.88 bits per heavy atom. The number of hydrogen-bond donors (Lipinski definition) is 3. The molecule has 10 heteroatoms. The summed E-state index contributed by atoms with van der Waals surface area (Å²) in [5.74, 6) is 9.95. The van der Waals surface area contributed by atoms with Gasteiger partial charge in [-0.3, -0.25) is 10.2 Å². The summed E-state index contributed by atoms with van der Waals surface area (Å²) in [5, 5.41) is 0.432. The molecular formula is C16H20Cl2N4O4. The van der Waals surface area contributed by atoms with Gasteiger partial charge < -0.3 is 4.74 Å². The van der Waals surface area contributed by atoms with Crippen molar-refractivity contribution in [3.63, 3.8) is 0 Å². The van der Waals surface area contributed by atoms with Crippen molar-refractivity contribution in [2.75, 3.05) is 5.01 Å². The van der Waals surface area contributed by atoms with Gasteiger partial charge in [0.05, 0.1) is 15.6 Å². The Hall–Kier alpha value is -2.13. The molecule has 26 heavy (non-hydrogen) atoms. The number of hydrogen-bond acceptors (Lipinski definition) is 6. The maximum atomic E-state index is 12.3. The van der Waals surface area contributed by atoms with Crippen LogP contribution in [-0.4, -0.2) is 17.8 Å². The number of carbonyl (C=O) groups is 3. The molecule has 2 rings (SSSR count). The first-order valence-corrected chi connectivity index (χ1v) is 8.59. The maximum Gasteiger partial charge on any atom is 0.350 e. The van der Waals surface area contributed by atoms with Crippen LogP contribution in [0.4, 0.5) is 10.5 Å². The van der Waals surface area contributed by atoms with E-state index in [4.69, 9.17) is 39.6 Å². The molecule has 0 saturated heterocycles. The van der Waals surface area contributed by atoms with Gasteiger partial charge in [-0.05, 0) is 18.6 Å². The summed E-state index contributed by atoms with van der Waals surface area (Å²) < 4.78 is 5.18. The summed E-state index contributed by atoms with van der Waals surface area (Å²) in [6.07, 6.45) is 2.77. The molecule has 0 spiro atoms. The standard InChI is InChI=1S/C14H14Cl2N4O4.C2H6/c15-10-5-4-9(11(16)12(10)20(18)14(23)19-17)13(22)24-8-3-1-2-7(21)6-8;1-2/h4-6H,1-3,17-18H2,(H,19,23);1-2H3. The van der Waals surface area contributed by atoms with Crippen molar-refractivity contribution in [2.45, 2.75) is 33.1 Å². The van der Waals surface area contributed by atoms with E-state index in [1.165, 1.54) is 18.2 Å². The van der Waals surface area contributed by atoms with Gasteiger partial charge in [0.1, 0.15) is 11.4 Å². The van der Waals surface area contributed by atoms with Gasteiger partial charge in [-0.1, -0.05) is 37.0 Å². The van der Waals surface area contributed by atoms with Crippen LogP contribution in [0.1, 0.15) is 43.5 Å². The second kappa shape index (κ2) is 10.1. The lowest BCUT2D eigenvalue weighted by Gasteiger charge is -2.20. The topological polar surface area (TPSA) is 128 Å². The van der Waals surface area contributed by atoms with Crippen molar-refractivity contribution in [1.29, 1.82) is 0 Å². The number of anilines is 1. The Morgan fingerprint density at radius 1 is 1.23 bits per heavy atom. The van der Waals surface area contributed by atoms with E-state index >= 15 is 0 Å². The number of nitrogens with zero attached hydrogens (tertiary/aromatic N) is 1. The first kappa shape index (κ1) is 21.9. The predicted octanol–water partition coefficient (Wildman–Crippen LogP) is 3.08. The smallest absolute Gasteiger partial charge is 0.350 e. The number of rotatable bonds is 3. The number of nitrogens with two attached hydrogens (primary N) is 2. The molecule has 0 bridgehead atoms. The van der Waals surface area contributed by atoms with Crippen LogP contribution in [-0.2, 0) is 9.53 Å². The molecule has 0 unspecified atom stereocenters. The molecule has 1 aliphatic rings. The molecule has 0 saturated carbocycles. The highest BCUT2D eigenvalue weighted by Crippen LogP contribution is 2.36. The van der Waals surface area contributed by atoms with Crippen molar-refractivity contribution in [2.24, 2.45) is 11.7 Å². The summed E-state index contributed by atoms with van der Waals surface area (Å²) in [4.78, 5) is 35.2. The fraction of sp³-hybridized carbons (Fsp3) is 0.312. The SMILES string of the molecule is CC.NNC(=O)N(N)c1c(Cl)ccc(C(=O)OC2=CC(=O)CCC2)c1Cl. The molecular weight excluding hydrogens is 383 g/mol. The molecule has 1 aromatic carbocycles. The Kier molecular flexibility index (Phi) is 8.53. The second-order valence-electron chi connectivity index (χ2n) is 4.90. The highest BCUT2D eigenvalue weighted by atomic mass is 35.5. The Labute approximate surface area is 161 Å². The largest absolute Gasteiger partial charge is 0.427 e. The minimum atomic E-state index is -0.884. The number of urea groups is 1. The molecule has 0 radical (unpaired) electrons. The molecule has 0 fully saturated rings. The monoisotopic (exact) mass is 402 g/mol. The minimum Gasteiger partial charge on any atom is -0.427 e. The van der Waals surface area contributed by atoms with Gasteiger partial charge >= 0.3 is 12.0 Å². The normalized spacial score (nSPS) is 13.2. The van der Waals surface area contributed by atoms with Crippen molar-refractivity contribution in [3.05, 3.63) is 39.6 Å². The van der Waals surface area contributed by atoms with Crippen molar-refractivity contribution >= 4 is 46.7 Å². The number of nitrogens with one attached hydrogen (secondary N) is 1. The van der Waals surface area contributed by atoms with Crippen LogP contribution >= 0.6 is 23.2 Å². The van der Waals surface area contributed by atoms with Gasteiger partial charge in [0.25, 0.3) is 0 Å². The number of allylic oxidation sites excluding steroid dienone is 2. The average molecular weight is 403 g/mol. The minimum absolute atomic E-state index is 0.0368. The molecule has 1 aromatic rings. The van der Waals surface area contributed by atoms with Gasteiger partial charge in [-0.15, -0.1) is 0 Å². The van der Waals surface area contributed by atoms with Crippen LogP contribution in [0.2, 0.25) is 10.0 Å². The van der Waals surface area contributed by atoms with Gasteiger partial charge in [0.2, 0.25) is 0 Å². The first-order valence-electron chi connectivity index (χ1n) is 7.84. The van der Waals surface area contributed by atoms with E-state index in [-0.39, 0.29) is 32.8 Å². The third-order valence-electron chi connectivity index (χ3n) is 3.26. The van der Waals surface area contributed by atoms with Crippen LogP contribution < -0.4 is 22.1 Å². The van der Waals surface area contributed by atoms with E-state index in [9.17, 15) is 14.4 Å². The molecule has 0 aromatic heterocycles. The average Bonchev–Trinajstić information content (AvgIpc) is 2.62. The van der Waals surface area contributed by atoms with Crippen LogP contribution in [0.3, 0.4) is 0 Å². The maximum absolute atomic E-state index is 12.3. The summed E-state index contributed by atoms with van der Waals surface area (Å²) in [5.41, 5.74) is 1.65. The molecule has 142 valence electrons. The summed E-state index contributed by atoms with van der Waals surface area (Å²) in [6.45, 7) is 4.00. The highest BCUT2D eigenvalue weighted by molar-refractivity contribution is 6.41. The third kappa shape index (κ3) is 5.18.